The van der Waals surface area contributed by atoms with E-state index in [9.17, 15) is 19.5 Å². The second-order valence-electron chi connectivity index (χ2n) is 6.20. The number of amides is 3. The summed E-state index contributed by atoms with van der Waals surface area (Å²) in [6, 6.07) is 6.67. The Morgan fingerprint density at radius 2 is 1.96 bits per heavy atom. The van der Waals surface area contributed by atoms with E-state index in [2.05, 4.69) is 10.6 Å². The fourth-order valence-corrected chi connectivity index (χ4v) is 3.64. The molecule has 2 aliphatic heterocycles. The molecule has 2 saturated heterocycles. The third-order valence-corrected chi connectivity index (χ3v) is 5.13. The molecule has 8 heteroatoms. The number of nitrogens with one attached hydrogen (secondary N) is 2. The topological polar surface area (TPSA) is 98.7 Å². The molecule has 7 nitrogen and oxygen atoms in total. The van der Waals surface area contributed by atoms with Gasteiger partial charge in [0.2, 0.25) is 5.91 Å². The number of urea groups is 1. The van der Waals surface area contributed by atoms with Crippen molar-refractivity contribution in [1.29, 1.82) is 0 Å². The van der Waals surface area contributed by atoms with E-state index in [4.69, 9.17) is 11.6 Å². The minimum absolute atomic E-state index is 0.00114. The van der Waals surface area contributed by atoms with Gasteiger partial charge in [-0.25, -0.2) is 4.79 Å². The quantitative estimate of drug-likeness (QED) is 0.758. The molecular formula is C16H18ClN3O4. The Hall–Kier alpha value is -2.28. The van der Waals surface area contributed by atoms with Crippen molar-refractivity contribution in [2.45, 2.75) is 24.8 Å². The number of anilines is 1. The lowest BCUT2D eigenvalue weighted by Gasteiger charge is -2.41. The fourth-order valence-electron chi connectivity index (χ4n) is 3.46. The Kier molecular flexibility index (Phi) is 4.36. The van der Waals surface area contributed by atoms with Crippen LogP contribution in [0.1, 0.15) is 19.3 Å². The molecule has 0 saturated carbocycles. The Morgan fingerprint density at radius 1 is 1.29 bits per heavy atom. The molecular weight excluding hydrogens is 334 g/mol. The maximum Gasteiger partial charge on any atom is 0.321 e. The summed E-state index contributed by atoms with van der Waals surface area (Å²) in [4.78, 5) is 37.0. The van der Waals surface area contributed by atoms with E-state index < -0.39 is 17.4 Å². The van der Waals surface area contributed by atoms with Crippen LogP contribution in [0.15, 0.2) is 24.3 Å². The highest BCUT2D eigenvalue weighted by Gasteiger charge is 2.52. The molecule has 1 aromatic carbocycles. The number of hydrogen-bond donors (Lipinski definition) is 3. The molecule has 2 heterocycles. The van der Waals surface area contributed by atoms with E-state index in [0.29, 0.717) is 36.6 Å². The smallest absolute Gasteiger partial charge is 0.321 e. The summed E-state index contributed by atoms with van der Waals surface area (Å²) in [5.41, 5.74) is -0.216. The number of benzene rings is 1. The van der Waals surface area contributed by atoms with Crippen molar-refractivity contribution in [2.75, 3.05) is 18.4 Å². The highest BCUT2D eigenvalue weighted by molar-refractivity contribution is 6.33. The lowest BCUT2D eigenvalue weighted by atomic mass is 9.78. The predicted molar refractivity (Wildman–Crippen MR) is 87.9 cm³/mol. The van der Waals surface area contributed by atoms with Gasteiger partial charge in [0.15, 0.2) is 0 Å². The van der Waals surface area contributed by atoms with E-state index in [-0.39, 0.29) is 18.4 Å². The van der Waals surface area contributed by atoms with Gasteiger partial charge in [-0.3, -0.25) is 9.59 Å². The van der Waals surface area contributed by atoms with Crippen LogP contribution in [0.5, 0.6) is 0 Å². The molecule has 0 radical (unpaired) electrons. The molecule has 3 rings (SSSR count). The number of aliphatic carboxylic acids is 1. The Morgan fingerprint density at radius 3 is 2.58 bits per heavy atom. The third kappa shape index (κ3) is 3.03. The first-order chi connectivity index (χ1) is 11.4. The SMILES string of the molecule is O=C1C[C@H](C(=O)O)C2(CCN(C(=O)Nc3ccccc3Cl)CC2)N1. The zero-order chi connectivity index (χ0) is 17.3. The maximum absolute atomic E-state index is 12.4. The number of nitrogens with zero attached hydrogens (tertiary/aromatic N) is 1. The largest absolute Gasteiger partial charge is 0.481 e. The molecule has 24 heavy (non-hydrogen) atoms. The normalized spacial score (nSPS) is 22.3. The molecule has 1 aromatic rings. The molecule has 0 unspecified atom stereocenters. The molecule has 2 aliphatic rings. The number of carboxylic acids is 1. The number of likely N-dealkylation sites (tertiary alicyclic amines) is 1. The molecule has 1 spiro atoms. The van der Waals surface area contributed by atoms with Gasteiger partial charge in [0.05, 0.1) is 22.2 Å². The van der Waals surface area contributed by atoms with Crippen LogP contribution in [0.25, 0.3) is 0 Å². The van der Waals surface area contributed by atoms with Crippen LogP contribution in [0.2, 0.25) is 5.02 Å². The van der Waals surface area contributed by atoms with E-state index in [1.807, 2.05) is 0 Å². The standard InChI is InChI=1S/C16H18ClN3O4/c17-11-3-1-2-4-12(11)18-15(24)20-7-5-16(6-8-20)10(14(22)23)9-13(21)19-16/h1-4,10H,5-9H2,(H,18,24)(H,19,21)(H,22,23)/t10-/m1/s1. The first-order valence-corrected chi connectivity index (χ1v) is 8.13. The van der Waals surface area contributed by atoms with Crippen LogP contribution in [0.3, 0.4) is 0 Å². The molecule has 1 atom stereocenters. The number of carbonyl (C=O) groups excluding carboxylic acids is 2. The zero-order valence-corrected chi connectivity index (χ0v) is 13.7. The number of carboxylic acid groups (broad SMARTS) is 1. The minimum Gasteiger partial charge on any atom is -0.481 e. The lowest BCUT2D eigenvalue weighted by Crippen LogP contribution is -2.57. The van der Waals surface area contributed by atoms with Gasteiger partial charge in [0.1, 0.15) is 0 Å². The van der Waals surface area contributed by atoms with Crippen molar-refractivity contribution in [3.8, 4) is 0 Å². The number of carbonyl (C=O) groups is 3. The van der Waals surface area contributed by atoms with Crippen molar-refractivity contribution in [3.63, 3.8) is 0 Å². The van der Waals surface area contributed by atoms with Crippen LogP contribution < -0.4 is 10.6 Å². The summed E-state index contributed by atoms with van der Waals surface area (Å²) < 4.78 is 0. The van der Waals surface area contributed by atoms with Crippen LogP contribution in [0, 0.1) is 5.92 Å². The number of hydrogen-bond acceptors (Lipinski definition) is 3. The zero-order valence-electron chi connectivity index (χ0n) is 12.9. The summed E-state index contributed by atoms with van der Waals surface area (Å²) in [6.45, 7) is 0.751. The van der Waals surface area contributed by atoms with Gasteiger partial charge in [0, 0.05) is 19.5 Å². The highest BCUT2D eigenvalue weighted by atomic mass is 35.5. The van der Waals surface area contributed by atoms with Gasteiger partial charge < -0.3 is 20.6 Å². The number of rotatable bonds is 2. The molecule has 3 amide bonds. The second-order valence-corrected chi connectivity index (χ2v) is 6.60. The first kappa shape index (κ1) is 16.6. The number of piperidine rings is 1. The summed E-state index contributed by atoms with van der Waals surface area (Å²) in [7, 11) is 0. The van der Waals surface area contributed by atoms with Gasteiger partial charge in [-0.2, -0.15) is 0 Å². The number of halogens is 1. The summed E-state index contributed by atoms with van der Waals surface area (Å²) in [6.07, 6.45) is 0.846. The summed E-state index contributed by atoms with van der Waals surface area (Å²) >= 11 is 6.03. The van der Waals surface area contributed by atoms with Crippen molar-refractivity contribution in [3.05, 3.63) is 29.3 Å². The van der Waals surface area contributed by atoms with E-state index >= 15 is 0 Å². The third-order valence-electron chi connectivity index (χ3n) is 4.80. The van der Waals surface area contributed by atoms with Gasteiger partial charge in [0.25, 0.3) is 0 Å². The Bertz CT molecular complexity index is 686. The summed E-state index contributed by atoms with van der Waals surface area (Å²) in [5.74, 6) is -1.95. The van der Waals surface area contributed by atoms with Crippen molar-refractivity contribution >= 4 is 35.2 Å². The maximum atomic E-state index is 12.4. The average molecular weight is 352 g/mol. The second kappa shape index (κ2) is 6.32. The molecule has 128 valence electrons. The minimum atomic E-state index is -0.970. The van der Waals surface area contributed by atoms with E-state index in [0.717, 1.165) is 0 Å². The first-order valence-electron chi connectivity index (χ1n) is 7.75. The van der Waals surface area contributed by atoms with Crippen molar-refractivity contribution < 1.29 is 19.5 Å². The lowest BCUT2D eigenvalue weighted by molar-refractivity contribution is -0.144. The van der Waals surface area contributed by atoms with Crippen LogP contribution in [-0.4, -0.2) is 46.5 Å². The molecule has 0 aliphatic carbocycles. The van der Waals surface area contributed by atoms with E-state index in [1.165, 1.54) is 0 Å². The monoisotopic (exact) mass is 351 g/mol. The average Bonchev–Trinajstić information content (AvgIpc) is 2.86. The van der Waals surface area contributed by atoms with Gasteiger partial charge in [-0.1, -0.05) is 23.7 Å². The summed E-state index contributed by atoms with van der Waals surface area (Å²) in [5, 5.41) is 15.4. The van der Waals surface area contributed by atoms with E-state index in [1.54, 1.807) is 29.2 Å². The molecule has 2 fully saturated rings. The van der Waals surface area contributed by atoms with Gasteiger partial charge in [-0.15, -0.1) is 0 Å². The fraction of sp³-hybridized carbons (Fsp3) is 0.438. The van der Waals surface area contributed by atoms with Gasteiger partial charge in [-0.05, 0) is 25.0 Å². The van der Waals surface area contributed by atoms with Crippen LogP contribution in [0.4, 0.5) is 10.5 Å². The highest BCUT2D eigenvalue weighted by Crippen LogP contribution is 2.37. The number of para-hydroxylation sites is 1. The molecule has 0 bridgehead atoms. The van der Waals surface area contributed by atoms with Crippen LogP contribution >= 0.6 is 11.6 Å². The molecule has 3 N–H and O–H groups in total. The Labute approximate surface area is 144 Å². The van der Waals surface area contributed by atoms with Crippen molar-refractivity contribution in [2.24, 2.45) is 5.92 Å². The van der Waals surface area contributed by atoms with Gasteiger partial charge >= 0.3 is 12.0 Å². The predicted octanol–water partition coefficient (Wildman–Crippen LogP) is 1.93. The molecule has 0 aromatic heterocycles. The van der Waals surface area contributed by atoms with Crippen LogP contribution in [-0.2, 0) is 9.59 Å². The van der Waals surface area contributed by atoms with Crippen molar-refractivity contribution in [1.82, 2.24) is 10.2 Å². The Balaban J connectivity index is 1.64.